The van der Waals surface area contributed by atoms with Crippen LogP contribution in [0.3, 0.4) is 0 Å². The van der Waals surface area contributed by atoms with Gasteiger partial charge in [-0.2, -0.15) is 0 Å². The molecule has 1 unspecified atom stereocenters. The van der Waals surface area contributed by atoms with Crippen molar-refractivity contribution in [2.45, 2.75) is 72.4 Å². The van der Waals surface area contributed by atoms with Crippen LogP contribution in [0.1, 0.15) is 60.8 Å². The largest absolute Gasteiger partial charge is 0.481 e. The van der Waals surface area contributed by atoms with Crippen LogP contribution in [0.15, 0.2) is 0 Å². The average Bonchev–Trinajstić information content (AvgIpc) is 2.71. The van der Waals surface area contributed by atoms with Crippen molar-refractivity contribution in [2.75, 3.05) is 45.6 Å². The highest BCUT2D eigenvalue weighted by Gasteiger charge is 2.36. The van der Waals surface area contributed by atoms with E-state index in [4.69, 9.17) is 18.9 Å². The van der Waals surface area contributed by atoms with Crippen molar-refractivity contribution >= 4 is 25.6 Å². The van der Waals surface area contributed by atoms with Gasteiger partial charge in [0, 0.05) is 32.6 Å². The van der Waals surface area contributed by atoms with Gasteiger partial charge in [0.15, 0.2) is 0 Å². The highest BCUT2D eigenvalue weighted by atomic mass is 31.2. The molecule has 1 fully saturated rings. The number of carboxylic acid groups (broad SMARTS) is 1. The van der Waals surface area contributed by atoms with Crippen LogP contribution in [0.5, 0.6) is 0 Å². The molecule has 0 radical (unpaired) electrons. The van der Waals surface area contributed by atoms with Crippen LogP contribution in [0, 0.1) is 0 Å². The van der Waals surface area contributed by atoms with E-state index in [1.807, 2.05) is 6.92 Å². The Morgan fingerprint density at radius 3 is 2.03 bits per heavy atom. The lowest BCUT2D eigenvalue weighted by atomic mass is 10.2. The summed E-state index contributed by atoms with van der Waals surface area (Å²) < 4.78 is 28.7. The van der Waals surface area contributed by atoms with Crippen molar-refractivity contribution in [2.24, 2.45) is 0 Å². The molecule has 1 rings (SSSR count). The second-order valence-corrected chi connectivity index (χ2v) is 10.5. The van der Waals surface area contributed by atoms with Crippen molar-refractivity contribution in [3.05, 3.63) is 0 Å². The first kappa shape index (κ1) is 31.3. The van der Waals surface area contributed by atoms with Crippen molar-refractivity contribution in [3.8, 4) is 0 Å². The molecule has 1 aliphatic rings. The monoisotopic (exact) mass is 495 g/mol. The van der Waals surface area contributed by atoms with Gasteiger partial charge in [0.1, 0.15) is 11.6 Å². The second-order valence-electron chi connectivity index (χ2n) is 8.40. The molecule has 1 aliphatic heterocycles. The topological polar surface area (TPSA) is 143 Å². The van der Waals surface area contributed by atoms with Crippen LogP contribution >= 0.6 is 7.60 Å². The van der Waals surface area contributed by atoms with Gasteiger partial charge in [0.2, 0.25) is 5.91 Å². The number of rotatable bonds is 11. The molecular weight excluding hydrogens is 453 g/mol. The summed E-state index contributed by atoms with van der Waals surface area (Å²) in [4.78, 5) is 36.4. The van der Waals surface area contributed by atoms with E-state index >= 15 is 0 Å². The van der Waals surface area contributed by atoms with E-state index in [2.05, 4.69) is 10.6 Å². The Bertz CT molecular complexity index is 638. The highest BCUT2D eigenvalue weighted by Crippen LogP contribution is 2.48. The maximum absolute atomic E-state index is 12.9. The molecule has 1 atom stereocenters. The van der Waals surface area contributed by atoms with Crippen LogP contribution in [-0.4, -0.2) is 85.2 Å². The Balaban J connectivity index is 0.00000126. The molecule has 0 spiro atoms. The van der Waals surface area contributed by atoms with Crippen LogP contribution in [0.2, 0.25) is 0 Å². The summed E-state index contributed by atoms with van der Waals surface area (Å²) >= 11 is 0. The number of carboxylic acids is 1. The number of unbranched alkanes of at least 4 members (excludes halogenated alkanes) is 1. The van der Waals surface area contributed by atoms with Crippen LogP contribution in [0.4, 0.5) is 4.79 Å². The van der Waals surface area contributed by atoms with E-state index in [0.717, 1.165) is 12.8 Å². The van der Waals surface area contributed by atoms with Gasteiger partial charge in [0.25, 0.3) is 0 Å². The first-order chi connectivity index (χ1) is 15.4. The first-order valence-corrected chi connectivity index (χ1v) is 13.2. The number of alkyl carbamates (subject to hydrolysis) is 1. The van der Waals surface area contributed by atoms with E-state index in [1.165, 1.54) is 0 Å². The number of ether oxygens (including phenoxy) is 1. The molecule has 12 heteroatoms. The molecule has 0 aromatic heterocycles. The minimum Gasteiger partial charge on any atom is -0.481 e. The molecule has 0 aromatic rings. The van der Waals surface area contributed by atoms with Crippen LogP contribution < -0.4 is 10.6 Å². The summed E-state index contributed by atoms with van der Waals surface area (Å²) in [5.41, 5.74) is -0.712. The maximum Gasteiger partial charge on any atom is 0.408 e. The van der Waals surface area contributed by atoms with Gasteiger partial charge in [-0.15, -0.1) is 0 Å². The molecule has 0 bridgehead atoms. The number of piperazine rings is 1. The van der Waals surface area contributed by atoms with Gasteiger partial charge in [-0.05, 0) is 41.0 Å². The highest BCUT2D eigenvalue weighted by molar-refractivity contribution is 7.54. The summed E-state index contributed by atoms with van der Waals surface area (Å²) in [5, 5.41) is 13.7. The lowest BCUT2D eigenvalue weighted by Crippen LogP contribution is -2.55. The molecule has 0 aromatic carbocycles. The van der Waals surface area contributed by atoms with Gasteiger partial charge < -0.3 is 34.4 Å². The normalized spacial score (nSPS) is 15.2. The van der Waals surface area contributed by atoms with E-state index < -0.39 is 31.3 Å². The van der Waals surface area contributed by atoms with Crippen molar-refractivity contribution in [3.63, 3.8) is 0 Å². The number of aliphatic carboxylic acids is 1. The SMILES string of the molecule is CCCCC(=O)O.CCOP(=O)(CC(NC(=O)OC(C)(C)C)C(=O)N1CCNCC1)OCC. The second kappa shape index (κ2) is 16.0. The van der Waals surface area contributed by atoms with E-state index in [0.29, 0.717) is 32.6 Å². The summed E-state index contributed by atoms with van der Waals surface area (Å²) in [6.45, 7) is 13.3. The van der Waals surface area contributed by atoms with Crippen molar-refractivity contribution in [1.29, 1.82) is 0 Å². The average molecular weight is 496 g/mol. The molecule has 11 nitrogen and oxygen atoms in total. The fourth-order valence-corrected chi connectivity index (χ4v) is 4.60. The number of nitrogens with one attached hydrogen (secondary N) is 2. The zero-order valence-electron chi connectivity index (χ0n) is 20.8. The van der Waals surface area contributed by atoms with Gasteiger partial charge in [-0.25, -0.2) is 4.79 Å². The van der Waals surface area contributed by atoms with Gasteiger partial charge in [0.05, 0.1) is 19.4 Å². The summed E-state index contributed by atoms with van der Waals surface area (Å²) in [6.07, 6.45) is 1.10. The molecule has 2 amide bonds. The van der Waals surface area contributed by atoms with E-state index in [1.54, 1.807) is 39.5 Å². The van der Waals surface area contributed by atoms with Crippen molar-refractivity contribution in [1.82, 2.24) is 15.5 Å². The summed E-state index contributed by atoms with van der Waals surface area (Å²) in [5.74, 6) is -1.01. The third-order valence-corrected chi connectivity index (χ3v) is 6.34. The predicted molar refractivity (Wildman–Crippen MR) is 125 cm³/mol. The van der Waals surface area contributed by atoms with E-state index in [9.17, 15) is 18.9 Å². The van der Waals surface area contributed by atoms with Gasteiger partial charge in [-0.3, -0.25) is 14.2 Å². The minimum absolute atomic E-state index is 0.179. The van der Waals surface area contributed by atoms with Gasteiger partial charge in [-0.1, -0.05) is 13.3 Å². The molecule has 1 saturated heterocycles. The van der Waals surface area contributed by atoms with Crippen LogP contribution in [-0.2, 0) is 27.9 Å². The Kier molecular flexibility index (Phi) is 15.2. The number of carbonyl (C=O) groups is 3. The Morgan fingerprint density at radius 2 is 1.64 bits per heavy atom. The Hall–Kier alpha value is -1.68. The standard InChI is InChI=1S/C16H32N3O6P.C5H10O2/c1-6-23-26(22,24-7-2)12-13(18-15(21)25-16(3,4)5)14(20)19-10-8-17-9-11-19;1-2-3-4-5(6)7/h13,17H,6-12H2,1-5H3,(H,18,21);2-4H2,1H3,(H,6,7). The maximum atomic E-state index is 12.9. The number of hydrogen-bond donors (Lipinski definition) is 3. The zero-order chi connectivity index (χ0) is 25.5. The molecule has 0 saturated carbocycles. The minimum atomic E-state index is -3.52. The fourth-order valence-electron chi connectivity index (χ4n) is 2.83. The molecule has 3 N–H and O–H groups in total. The molecule has 0 aliphatic carbocycles. The lowest BCUT2D eigenvalue weighted by Gasteiger charge is -2.32. The third-order valence-electron chi connectivity index (χ3n) is 4.22. The van der Waals surface area contributed by atoms with Crippen LogP contribution in [0.25, 0.3) is 0 Å². The fraction of sp³-hybridized carbons (Fsp3) is 0.857. The molecule has 1 heterocycles. The van der Waals surface area contributed by atoms with Gasteiger partial charge >= 0.3 is 19.7 Å². The molecule has 194 valence electrons. The molecule has 33 heavy (non-hydrogen) atoms. The molecular formula is C21H42N3O8P. The lowest BCUT2D eigenvalue weighted by molar-refractivity contribution is -0.137. The van der Waals surface area contributed by atoms with Crippen molar-refractivity contribution < 1.29 is 37.8 Å². The van der Waals surface area contributed by atoms with E-state index in [-0.39, 0.29) is 25.3 Å². The smallest absolute Gasteiger partial charge is 0.408 e. The third kappa shape index (κ3) is 15.0. The number of carbonyl (C=O) groups excluding carboxylic acids is 2. The Labute approximate surface area is 197 Å². The number of amides is 2. The zero-order valence-corrected chi connectivity index (χ0v) is 21.7. The number of nitrogens with zero attached hydrogens (tertiary/aromatic N) is 1. The quantitative estimate of drug-likeness (QED) is 0.369. The number of hydrogen-bond acceptors (Lipinski definition) is 8. The summed E-state index contributed by atoms with van der Waals surface area (Å²) in [6, 6.07) is -1.05. The summed E-state index contributed by atoms with van der Waals surface area (Å²) in [7, 11) is -3.52. The predicted octanol–water partition coefficient (Wildman–Crippen LogP) is 2.84. The first-order valence-electron chi connectivity index (χ1n) is 11.5. The Morgan fingerprint density at radius 1 is 1.09 bits per heavy atom.